The molecule has 6 heteroatoms. The second-order valence-electron chi connectivity index (χ2n) is 7.57. The highest BCUT2D eigenvalue weighted by Gasteiger charge is 2.25. The molecule has 1 aromatic carbocycles. The summed E-state index contributed by atoms with van der Waals surface area (Å²) < 4.78 is 21.6. The van der Waals surface area contributed by atoms with E-state index in [4.69, 9.17) is 4.42 Å². The van der Waals surface area contributed by atoms with Gasteiger partial charge in [0.1, 0.15) is 11.5 Å². The quantitative estimate of drug-likeness (QED) is 0.591. The highest BCUT2D eigenvalue weighted by Crippen LogP contribution is 2.38. The molecule has 1 N–H and O–H groups in total. The van der Waals surface area contributed by atoms with Gasteiger partial charge in [-0.2, -0.15) is 0 Å². The van der Waals surface area contributed by atoms with E-state index in [0.29, 0.717) is 18.3 Å². The number of furan rings is 1. The summed E-state index contributed by atoms with van der Waals surface area (Å²) in [5, 5.41) is 2.84. The number of rotatable bonds is 6. The largest absolute Gasteiger partial charge is 0.449 e. The van der Waals surface area contributed by atoms with E-state index in [9.17, 15) is 9.18 Å². The zero-order valence-corrected chi connectivity index (χ0v) is 16.7. The zero-order chi connectivity index (χ0) is 20.2. The van der Waals surface area contributed by atoms with Gasteiger partial charge in [0.2, 0.25) is 0 Å². The summed E-state index contributed by atoms with van der Waals surface area (Å²) in [5.41, 5.74) is 2.41. The van der Waals surface area contributed by atoms with Crippen LogP contribution in [0.5, 0.6) is 0 Å². The maximum atomic E-state index is 13.4. The van der Waals surface area contributed by atoms with E-state index >= 15 is 0 Å². The Balaban J connectivity index is 1.75. The molecule has 0 spiro atoms. The molecular weight excluding hydrogens is 369 g/mol. The van der Waals surface area contributed by atoms with E-state index in [-0.39, 0.29) is 17.5 Å². The number of hydrogen-bond donors (Lipinski definition) is 1. The van der Waals surface area contributed by atoms with Gasteiger partial charge in [0, 0.05) is 18.2 Å². The molecule has 1 saturated carbocycles. The Hall–Kier alpha value is -2.89. The van der Waals surface area contributed by atoms with Crippen LogP contribution in [0.25, 0.3) is 22.7 Å². The van der Waals surface area contributed by atoms with Gasteiger partial charge in [-0.1, -0.05) is 26.2 Å². The predicted octanol–water partition coefficient (Wildman–Crippen LogP) is 5.59. The first kappa shape index (κ1) is 19.4. The van der Waals surface area contributed by atoms with Gasteiger partial charge in [-0.15, -0.1) is 0 Å². The maximum Gasteiger partial charge on any atom is 0.287 e. The number of carbonyl (C=O) groups is 1. The fourth-order valence-electron chi connectivity index (χ4n) is 3.97. The maximum absolute atomic E-state index is 13.4. The molecule has 1 amide bonds. The standard InChI is InChI=1S/C23H26FN3O2/c1-2-14-25-23(28)20-13-12-19(29-20)22-21(16-8-10-17(24)11-9-16)26-15-27(22)18-6-4-3-5-7-18/h8-13,15,18H,2-7,14H2,1H3,(H,25,28). The molecule has 3 aromatic rings. The van der Waals surface area contributed by atoms with Crippen molar-refractivity contribution < 1.29 is 13.6 Å². The number of amides is 1. The van der Waals surface area contributed by atoms with Crippen molar-refractivity contribution in [3.63, 3.8) is 0 Å². The lowest BCUT2D eigenvalue weighted by atomic mass is 9.95. The van der Waals surface area contributed by atoms with Gasteiger partial charge in [0.05, 0.1) is 12.0 Å². The van der Waals surface area contributed by atoms with Gasteiger partial charge in [0.15, 0.2) is 11.5 Å². The van der Waals surface area contributed by atoms with Crippen LogP contribution in [0.3, 0.4) is 0 Å². The van der Waals surface area contributed by atoms with Gasteiger partial charge in [-0.3, -0.25) is 4.79 Å². The Labute approximate surface area is 169 Å². The minimum atomic E-state index is -0.283. The fourth-order valence-corrected chi connectivity index (χ4v) is 3.97. The Morgan fingerprint density at radius 2 is 1.93 bits per heavy atom. The number of nitrogens with one attached hydrogen (secondary N) is 1. The fraction of sp³-hybridized carbons (Fsp3) is 0.391. The molecule has 5 nitrogen and oxygen atoms in total. The van der Waals surface area contributed by atoms with Crippen LogP contribution in [0, 0.1) is 5.82 Å². The molecule has 0 radical (unpaired) electrons. The minimum absolute atomic E-state index is 0.217. The van der Waals surface area contributed by atoms with E-state index in [1.165, 1.54) is 31.4 Å². The number of aromatic nitrogens is 2. The zero-order valence-electron chi connectivity index (χ0n) is 16.7. The Morgan fingerprint density at radius 3 is 2.66 bits per heavy atom. The number of hydrogen-bond acceptors (Lipinski definition) is 3. The normalized spacial score (nSPS) is 14.8. The highest BCUT2D eigenvalue weighted by molar-refractivity contribution is 5.92. The molecule has 4 rings (SSSR count). The Bertz CT molecular complexity index is 968. The SMILES string of the molecule is CCCNC(=O)c1ccc(-c2c(-c3ccc(F)cc3)ncn2C2CCCCC2)o1. The number of imidazole rings is 1. The lowest BCUT2D eigenvalue weighted by Gasteiger charge is -2.24. The van der Waals surface area contributed by atoms with Crippen molar-refractivity contribution in [3.05, 3.63) is 54.3 Å². The second kappa shape index (κ2) is 8.64. The number of nitrogens with zero attached hydrogens (tertiary/aromatic N) is 2. The van der Waals surface area contributed by atoms with Gasteiger partial charge in [-0.05, 0) is 55.7 Å². The van der Waals surface area contributed by atoms with Crippen LogP contribution in [0.4, 0.5) is 4.39 Å². The van der Waals surface area contributed by atoms with E-state index in [1.807, 2.05) is 19.3 Å². The molecule has 2 aromatic heterocycles. The molecule has 1 aliphatic carbocycles. The third kappa shape index (κ3) is 4.11. The number of carbonyl (C=O) groups excluding carboxylic acids is 1. The van der Waals surface area contributed by atoms with Gasteiger partial charge in [-0.25, -0.2) is 9.37 Å². The van der Waals surface area contributed by atoms with Crippen molar-refractivity contribution in [1.29, 1.82) is 0 Å². The summed E-state index contributed by atoms with van der Waals surface area (Å²) in [6.45, 7) is 2.61. The molecule has 152 valence electrons. The molecule has 2 heterocycles. The minimum Gasteiger partial charge on any atom is -0.449 e. The number of halogens is 1. The van der Waals surface area contributed by atoms with E-state index in [1.54, 1.807) is 18.2 Å². The summed E-state index contributed by atoms with van der Waals surface area (Å²) in [6.07, 6.45) is 8.54. The van der Waals surface area contributed by atoms with Gasteiger partial charge >= 0.3 is 0 Å². The van der Waals surface area contributed by atoms with E-state index in [0.717, 1.165) is 36.2 Å². The smallest absolute Gasteiger partial charge is 0.287 e. The van der Waals surface area contributed by atoms with Crippen LogP contribution in [0.2, 0.25) is 0 Å². The monoisotopic (exact) mass is 395 g/mol. The Kier molecular flexibility index (Phi) is 5.79. The molecule has 29 heavy (non-hydrogen) atoms. The summed E-state index contributed by atoms with van der Waals surface area (Å²) >= 11 is 0. The van der Waals surface area contributed by atoms with Crippen LogP contribution in [-0.4, -0.2) is 22.0 Å². The molecule has 0 bridgehead atoms. The first-order valence-corrected chi connectivity index (χ1v) is 10.4. The second-order valence-corrected chi connectivity index (χ2v) is 7.57. The van der Waals surface area contributed by atoms with E-state index < -0.39 is 0 Å². The van der Waals surface area contributed by atoms with Crippen molar-refractivity contribution in [2.75, 3.05) is 6.54 Å². The topological polar surface area (TPSA) is 60.1 Å². The van der Waals surface area contributed by atoms with Crippen molar-refractivity contribution >= 4 is 5.91 Å². The van der Waals surface area contributed by atoms with Crippen LogP contribution in [0.15, 0.2) is 47.1 Å². The molecule has 1 aliphatic rings. The first-order chi connectivity index (χ1) is 14.2. The average Bonchev–Trinajstić information content (AvgIpc) is 3.40. The third-order valence-electron chi connectivity index (χ3n) is 5.48. The summed E-state index contributed by atoms with van der Waals surface area (Å²) in [5.74, 6) is 0.393. The van der Waals surface area contributed by atoms with Crippen molar-refractivity contribution in [2.45, 2.75) is 51.5 Å². The molecule has 0 unspecified atom stereocenters. The predicted molar refractivity (Wildman–Crippen MR) is 110 cm³/mol. The van der Waals surface area contributed by atoms with Crippen LogP contribution < -0.4 is 5.32 Å². The lowest BCUT2D eigenvalue weighted by Crippen LogP contribution is -2.23. The van der Waals surface area contributed by atoms with Crippen LogP contribution in [0.1, 0.15) is 62.0 Å². The molecular formula is C23H26FN3O2. The summed E-state index contributed by atoms with van der Waals surface area (Å²) in [4.78, 5) is 16.9. The third-order valence-corrected chi connectivity index (χ3v) is 5.48. The van der Waals surface area contributed by atoms with Crippen molar-refractivity contribution in [2.24, 2.45) is 0 Å². The lowest BCUT2D eigenvalue weighted by molar-refractivity contribution is 0.0926. The van der Waals surface area contributed by atoms with E-state index in [2.05, 4.69) is 14.9 Å². The molecule has 0 atom stereocenters. The van der Waals surface area contributed by atoms with Gasteiger partial charge < -0.3 is 14.3 Å². The van der Waals surface area contributed by atoms with Crippen LogP contribution >= 0.6 is 0 Å². The molecule has 1 fully saturated rings. The van der Waals surface area contributed by atoms with Crippen LogP contribution in [-0.2, 0) is 0 Å². The molecule has 0 saturated heterocycles. The number of benzene rings is 1. The molecule has 0 aliphatic heterocycles. The van der Waals surface area contributed by atoms with Gasteiger partial charge in [0.25, 0.3) is 5.91 Å². The Morgan fingerprint density at radius 1 is 1.17 bits per heavy atom. The summed E-state index contributed by atoms with van der Waals surface area (Å²) in [7, 11) is 0. The van der Waals surface area contributed by atoms with Crippen molar-refractivity contribution in [1.82, 2.24) is 14.9 Å². The average molecular weight is 395 g/mol. The summed E-state index contributed by atoms with van der Waals surface area (Å²) in [6, 6.07) is 10.2. The first-order valence-electron chi connectivity index (χ1n) is 10.4. The highest BCUT2D eigenvalue weighted by atomic mass is 19.1. The van der Waals surface area contributed by atoms with Crippen molar-refractivity contribution in [3.8, 4) is 22.7 Å².